The number of alkyl halides is 2. The SMILES string of the molecule is CN1C(=O)[C@]2(Cl)C[C@@H]3C(=CC[C@@H]4C(=O)N(C5CCCCC5)C(=O)[C@@H]43)[C@H](C3=COc4ccc(O)cc4C3)[C@]2(Cl)C1=O. The standard InChI is InChI=1S/C30H30Cl2N2O6/c1-33-27(38)29(31)13-21-19(8-9-20-23(21)26(37)34(25(20)36)17-5-3-2-4-6-17)24(30(29,32)28(33)39)16-11-15-12-18(35)7-10-22(15)40-14-16/h7-8,10,12,14,17,20-21,23-24,35H,2-6,9,11,13H2,1H3/t20-,21+,23-,24-,29+,30-/m0/s1. The molecule has 3 heterocycles. The molecule has 0 unspecified atom stereocenters. The third-order valence-electron chi connectivity index (χ3n) is 10.1. The summed E-state index contributed by atoms with van der Waals surface area (Å²) in [6, 6.07) is 4.69. The third-order valence-corrected chi connectivity index (χ3v) is 11.5. The fourth-order valence-electron chi connectivity index (χ4n) is 8.28. The van der Waals surface area contributed by atoms with Crippen LogP contribution < -0.4 is 4.74 Å². The number of allylic oxidation sites excluding steroid dienone is 3. The third kappa shape index (κ3) is 3.26. The van der Waals surface area contributed by atoms with Gasteiger partial charge in [0.15, 0.2) is 9.75 Å². The number of carbonyl (C=O) groups excluding carboxylic acids is 4. The molecule has 2 saturated heterocycles. The lowest BCUT2D eigenvalue weighted by molar-refractivity contribution is -0.144. The van der Waals surface area contributed by atoms with Crippen LogP contribution in [0.2, 0.25) is 0 Å². The number of phenolic OH excluding ortho intramolecular Hbond substituents is 1. The number of rotatable bonds is 2. The fraction of sp³-hybridized carbons (Fsp3) is 0.533. The van der Waals surface area contributed by atoms with E-state index in [2.05, 4.69) is 0 Å². The molecule has 4 amide bonds. The van der Waals surface area contributed by atoms with Crippen LogP contribution in [0.4, 0.5) is 0 Å². The van der Waals surface area contributed by atoms with E-state index in [0.717, 1.165) is 42.6 Å². The maximum atomic E-state index is 14.0. The number of nitrogens with zero attached hydrogens (tertiary/aromatic N) is 2. The van der Waals surface area contributed by atoms with Crippen molar-refractivity contribution in [3.63, 3.8) is 0 Å². The zero-order chi connectivity index (χ0) is 28.1. The number of hydrogen-bond donors (Lipinski definition) is 1. The second-order valence-corrected chi connectivity index (χ2v) is 13.4. The van der Waals surface area contributed by atoms with E-state index in [1.165, 1.54) is 18.0 Å². The molecule has 210 valence electrons. The molecule has 0 spiro atoms. The van der Waals surface area contributed by atoms with Crippen molar-refractivity contribution in [2.75, 3.05) is 7.05 Å². The van der Waals surface area contributed by atoms with Gasteiger partial charge in [0.25, 0.3) is 11.8 Å². The Labute approximate surface area is 241 Å². The van der Waals surface area contributed by atoms with E-state index in [1.54, 1.807) is 18.4 Å². The summed E-state index contributed by atoms with van der Waals surface area (Å²) in [4.78, 5) is 53.9. The van der Waals surface area contributed by atoms with E-state index in [1.807, 2.05) is 6.08 Å². The fourth-order valence-corrected chi connectivity index (χ4v) is 9.31. The summed E-state index contributed by atoms with van der Waals surface area (Å²) in [5.41, 5.74) is 2.09. The lowest BCUT2D eigenvalue weighted by Crippen LogP contribution is -2.61. The van der Waals surface area contributed by atoms with Crippen molar-refractivity contribution in [1.82, 2.24) is 9.80 Å². The summed E-state index contributed by atoms with van der Waals surface area (Å²) < 4.78 is 5.92. The van der Waals surface area contributed by atoms with Crippen molar-refractivity contribution in [2.45, 2.75) is 67.2 Å². The highest BCUT2D eigenvalue weighted by atomic mass is 35.5. The number of imide groups is 2. The molecular formula is C30H30Cl2N2O6. The Morgan fingerprint density at radius 1 is 1.00 bits per heavy atom. The predicted octanol–water partition coefficient (Wildman–Crippen LogP) is 4.06. The quantitative estimate of drug-likeness (QED) is 0.319. The number of ether oxygens (including phenoxy) is 1. The normalized spacial score (nSPS) is 37.4. The molecule has 0 aromatic heterocycles. The Balaban J connectivity index is 1.34. The predicted molar refractivity (Wildman–Crippen MR) is 145 cm³/mol. The van der Waals surface area contributed by atoms with Gasteiger partial charge in [0.1, 0.15) is 11.5 Å². The van der Waals surface area contributed by atoms with Gasteiger partial charge in [-0.05, 0) is 55.4 Å². The Hall–Kier alpha value is -2.84. The zero-order valence-electron chi connectivity index (χ0n) is 22.1. The average Bonchev–Trinajstić information content (AvgIpc) is 3.28. The van der Waals surface area contributed by atoms with Gasteiger partial charge in [-0.25, -0.2) is 0 Å². The van der Waals surface area contributed by atoms with Crippen molar-refractivity contribution in [3.8, 4) is 11.5 Å². The first-order chi connectivity index (χ1) is 19.1. The lowest BCUT2D eigenvalue weighted by Gasteiger charge is -2.51. The van der Waals surface area contributed by atoms with Crippen LogP contribution in [-0.4, -0.2) is 61.4 Å². The monoisotopic (exact) mass is 584 g/mol. The van der Waals surface area contributed by atoms with Gasteiger partial charge in [-0.15, -0.1) is 23.2 Å². The number of phenols is 1. The number of likely N-dealkylation sites (tertiary alicyclic amines) is 2. The van der Waals surface area contributed by atoms with Crippen molar-refractivity contribution in [3.05, 3.63) is 47.2 Å². The van der Waals surface area contributed by atoms with Crippen molar-refractivity contribution in [1.29, 1.82) is 0 Å². The Morgan fingerprint density at radius 2 is 1.75 bits per heavy atom. The van der Waals surface area contributed by atoms with E-state index < -0.39 is 45.2 Å². The molecule has 1 aromatic rings. The molecule has 6 atom stereocenters. The minimum absolute atomic E-state index is 0.0144. The molecule has 8 nitrogen and oxygen atoms in total. The van der Waals surface area contributed by atoms with E-state index in [9.17, 15) is 24.3 Å². The molecule has 4 fully saturated rings. The van der Waals surface area contributed by atoms with Crippen LogP contribution in [0.1, 0.15) is 50.5 Å². The second-order valence-electron chi connectivity index (χ2n) is 12.1. The Kier molecular flexibility index (Phi) is 5.76. The molecule has 1 N–H and O–H groups in total. The molecule has 7 rings (SSSR count). The van der Waals surface area contributed by atoms with Crippen molar-refractivity contribution in [2.24, 2.45) is 23.7 Å². The summed E-state index contributed by atoms with van der Waals surface area (Å²) in [5.74, 6) is -3.46. The maximum Gasteiger partial charge on any atom is 0.253 e. The van der Waals surface area contributed by atoms with Crippen LogP contribution >= 0.6 is 23.2 Å². The average molecular weight is 585 g/mol. The number of benzene rings is 1. The summed E-state index contributed by atoms with van der Waals surface area (Å²) in [6.45, 7) is 0. The molecule has 0 radical (unpaired) electrons. The van der Waals surface area contributed by atoms with Crippen LogP contribution in [0, 0.1) is 23.7 Å². The Morgan fingerprint density at radius 3 is 2.50 bits per heavy atom. The first kappa shape index (κ1) is 26.1. The second kappa shape index (κ2) is 8.83. The van der Waals surface area contributed by atoms with Crippen LogP contribution in [0.25, 0.3) is 0 Å². The minimum atomic E-state index is -1.84. The van der Waals surface area contributed by atoms with Crippen molar-refractivity contribution >= 4 is 46.8 Å². The van der Waals surface area contributed by atoms with Gasteiger partial charge in [-0.3, -0.25) is 29.0 Å². The van der Waals surface area contributed by atoms with Crippen molar-refractivity contribution < 1.29 is 29.0 Å². The van der Waals surface area contributed by atoms with Crippen LogP contribution in [0.3, 0.4) is 0 Å². The summed E-state index contributed by atoms with van der Waals surface area (Å²) in [6.07, 6.45) is 8.83. The topological polar surface area (TPSA) is 104 Å². The van der Waals surface area contributed by atoms with Gasteiger partial charge in [-0.1, -0.05) is 30.9 Å². The van der Waals surface area contributed by atoms with Gasteiger partial charge in [0, 0.05) is 31.0 Å². The first-order valence-electron chi connectivity index (χ1n) is 14.0. The van der Waals surface area contributed by atoms with E-state index in [0.29, 0.717) is 29.7 Å². The highest BCUT2D eigenvalue weighted by molar-refractivity contribution is 6.53. The van der Waals surface area contributed by atoms with E-state index >= 15 is 0 Å². The number of carbonyl (C=O) groups is 4. The molecule has 2 saturated carbocycles. The number of aromatic hydroxyl groups is 1. The molecule has 3 aliphatic carbocycles. The molecule has 1 aromatic carbocycles. The molecule has 40 heavy (non-hydrogen) atoms. The number of fused-ring (bicyclic) bond motifs is 5. The van der Waals surface area contributed by atoms with Crippen LogP contribution in [0.5, 0.6) is 11.5 Å². The van der Waals surface area contributed by atoms with E-state index in [-0.39, 0.29) is 30.0 Å². The summed E-state index contributed by atoms with van der Waals surface area (Å²) in [5, 5.41) is 10.1. The number of hydrogen-bond acceptors (Lipinski definition) is 6. The minimum Gasteiger partial charge on any atom is -0.508 e. The van der Waals surface area contributed by atoms with Gasteiger partial charge in [-0.2, -0.15) is 0 Å². The highest BCUT2D eigenvalue weighted by Gasteiger charge is 2.76. The van der Waals surface area contributed by atoms with Gasteiger partial charge in [0.05, 0.1) is 18.1 Å². The molecular weight excluding hydrogens is 555 g/mol. The first-order valence-corrected chi connectivity index (χ1v) is 14.8. The maximum absolute atomic E-state index is 14.0. The molecule has 3 aliphatic heterocycles. The molecule has 0 bridgehead atoms. The lowest BCUT2D eigenvalue weighted by atomic mass is 9.56. The zero-order valence-corrected chi connectivity index (χ0v) is 23.6. The largest absolute Gasteiger partial charge is 0.508 e. The number of halogens is 2. The Bertz CT molecular complexity index is 1430. The smallest absolute Gasteiger partial charge is 0.253 e. The molecule has 6 aliphatic rings. The summed E-state index contributed by atoms with van der Waals surface area (Å²) in [7, 11) is 1.38. The molecule has 10 heteroatoms. The van der Waals surface area contributed by atoms with Gasteiger partial charge >= 0.3 is 0 Å². The van der Waals surface area contributed by atoms with Crippen LogP contribution in [0.15, 0.2) is 41.7 Å². The number of amides is 4. The van der Waals surface area contributed by atoms with Gasteiger partial charge < -0.3 is 9.84 Å². The van der Waals surface area contributed by atoms with Crippen LogP contribution in [-0.2, 0) is 25.6 Å². The summed E-state index contributed by atoms with van der Waals surface area (Å²) >= 11 is 14.5. The highest BCUT2D eigenvalue weighted by Crippen LogP contribution is 2.64. The van der Waals surface area contributed by atoms with E-state index in [4.69, 9.17) is 27.9 Å². The van der Waals surface area contributed by atoms with Gasteiger partial charge in [0.2, 0.25) is 11.8 Å².